The topological polar surface area (TPSA) is 29.1 Å². The van der Waals surface area contributed by atoms with Crippen molar-refractivity contribution in [3.63, 3.8) is 0 Å². The van der Waals surface area contributed by atoms with Gasteiger partial charge < -0.3 is 5.32 Å². The summed E-state index contributed by atoms with van der Waals surface area (Å²) < 4.78 is 0. The van der Waals surface area contributed by atoms with Crippen LogP contribution in [0.3, 0.4) is 0 Å². The Labute approximate surface area is 95.7 Å². The van der Waals surface area contributed by atoms with Crippen molar-refractivity contribution in [1.29, 1.82) is 0 Å². The van der Waals surface area contributed by atoms with E-state index in [1.165, 1.54) is 4.88 Å². The number of hydrogen-bond donors (Lipinski definition) is 1. The fourth-order valence-corrected chi connectivity index (χ4v) is 2.25. The Morgan fingerprint density at radius 1 is 1.53 bits per heavy atom. The van der Waals surface area contributed by atoms with E-state index < -0.39 is 0 Å². The fraction of sp³-hybridized carbons (Fsp3) is 0.583. The summed E-state index contributed by atoms with van der Waals surface area (Å²) in [5.41, 5.74) is 0. The molecule has 1 rings (SSSR count). The normalized spacial score (nSPS) is 12.4. The zero-order valence-corrected chi connectivity index (χ0v) is 10.3. The molecule has 0 fully saturated rings. The largest absolute Gasteiger partial charge is 0.351 e. The lowest BCUT2D eigenvalue weighted by atomic mass is 10.00. The van der Waals surface area contributed by atoms with Gasteiger partial charge in [-0.25, -0.2) is 0 Å². The van der Waals surface area contributed by atoms with E-state index in [9.17, 15) is 4.79 Å². The summed E-state index contributed by atoms with van der Waals surface area (Å²) in [6.07, 6.45) is 3.00. The summed E-state index contributed by atoms with van der Waals surface area (Å²) in [4.78, 5) is 13.0. The van der Waals surface area contributed by atoms with Crippen molar-refractivity contribution < 1.29 is 4.79 Å². The molecule has 1 heterocycles. The van der Waals surface area contributed by atoms with Crippen LogP contribution in [0.2, 0.25) is 0 Å². The van der Waals surface area contributed by atoms with Gasteiger partial charge in [-0.3, -0.25) is 4.79 Å². The molecule has 2 nitrogen and oxygen atoms in total. The number of carbonyl (C=O) groups is 1. The molecule has 84 valence electrons. The molecule has 3 heteroatoms. The quantitative estimate of drug-likeness (QED) is 0.791. The van der Waals surface area contributed by atoms with Gasteiger partial charge in [-0.2, -0.15) is 0 Å². The molecule has 1 amide bonds. The summed E-state index contributed by atoms with van der Waals surface area (Å²) >= 11 is 1.68. The van der Waals surface area contributed by atoms with Crippen molar-refractivity contribution >= 4 is 17.2 Å². The Bertz CT molecular complexity index is 282. The molecule has 0 spiro atoms. The highest BCUT2D eigenvalue weighted by atomic mass is 32.1. The van der Waals surface area contributed by atoms with Crippen LogP contribution in [0.15, 0.2) is 17.5 Å². The van der Waals surface area contributed by atoms with Crippen LogP contribution in [0.4, 0.5) is 0 Å². The van der Waals surface area contributed by atoms with Gasteiger partial charge in [0.05, 0.1) is 6.54 Å². The highest BCUT2D eigenvalue weighted by Crippen LogP contribution is 2.12. The van der Waals surface area contributed by atoms with E-state index in [0.717, 1.165) is 19.3 Å². The third-order valence-electron chi connectivity index (χ3n) is 2.52. The molecule has 0 aliphatic carbocycles. The lowest BCUT2D eigenvalue weighted by molar-refractivity contribution is -0.125. The second-order valence-electron chi connectivity index (χ2n) is 3.69. The van der Waals surface area contributed by atoms with Crippen LogP contribution in [0.5, 0.6) is 0 Å². The third-order valence-corrected chi connectivity index (χ3v) is 3.39. The molecule has 15 heavy (non-hydrogen) atoms. The van der Waals surface area contributed by atoms with Crippen molar-refractivity contribution in [3.05, 3.63) is 22.4 Å². The number of hydrogen-bond acceptors (Lipinski definition) is 2. The number of rotatable bonds is 6. The summed E-state index contributed by atoms with van der Waals surface area (Å²) in [7, 11) is 0. The second-order valence-corrected chi connectivity index (χ2v) is 4.72. The van der Waals surface area contributed by atoms with E-state index in [1.807, 2.05) is 17.5 Å². The molecule has 0 saturated carbocycles. The average Bonchev–Trinajstić information content (AvgIpc) is 2.75. The van der Waals surface area contributed by atoms with Gasteiger partial charge in [0.15, 0.2) is 0 Å². The Balaban J connectivity index is 2.34. The number of carbonyl (C=O) groups excluding carboxylic acids is 1. The molecule has 0 aromatic carbocycles. The van der Waals surface area contributed by atoms with Crippen molar-refractivity contribution in [2.45, 2.75) is 39.7 Å². The van der Waals surface area contributed by atoms with Crippen LogP contribution in [-0.2, 0) is 11.3 Å². The first-order chi connectivity index (χ1) is 7.27. The highest BCUT2D eigenvalue weighted by molar-refractivity contribution is 7.09. The summed E-state index contributed by atoms with van der Waals surface area (Å²) in [5, 5.41) is 5.02. The maximum absolute atomic E-state index is 11.8. The number of amides is 1. The predicted molar refractivity (Wildman–Crippen MR) is 64.9 cm³/mol. The van der Waals surface area contributed by atoms with Gasteiger partial charge in [-0.05, 0) is 24.3 Å². The van der Waals surface area contributed by atoms with Crippen LogP contribution < -0.4 is 5.32 Å². The highest BCUT2D eigenvalue weighted by Gasteiger charge is 2.14. The van der Waals surface area contributed by atoms with Gasteiger partial charge in [0.25, 0.3) is 0 Å². The summed E-state index contributed by atoms with van der Waals surface area (Å²) in [6.45, 7) is 4.87. The molecule has 0 saturated heterocycles. The van der Waals surface area contributed by atoms with Gasteiger partial charge in [0.1, 0.15) is 0 Å². The van der Waals surface area contributed by atoms with Crippen molar-refractivity contribution in [2.24, 2.45) is 5.92 Å². The first kappa shape index (κ1) is 12.2. The van der Waals surface area contributed by atoms with Crippen LogP contribution in [0.25, 0.3) is 0 Å². The monoisotopic (exact) mass is 225 g/mol. The molecule has 0 radical (unpaired) electrons. The predicted octanol–water partition coefficient (Wildman–Crippen LogP) is 3.19. The minimum Gasteiger partial charge on any atom is -0.351 e. The van der Waals surface area contributed by atoms with Gasteiger partial charge in [-0.15, -0.1) is 11.3 Å². The van der Waals surface area contributed by atoms with Crippen LogP contribution in [0, 0.1) is 5.92 Å². The third kappa shape index (κ3) is 4.04. The molecule has 0 aliphatic heterocycles. The van der Waals surface area contributed by atoms with Crippen LogP contribution in [0.1, 0.15) is 38.0 Å². The van der Waals surface area contributed by atoms with E-state index >= 15 is 0 Å². The molecule has 1 atom stereocenters. The summed E-state index contributed by atoms with van der Waals surface area (Å²) in [6, 6.07) is 4.06. The molecule has 1 N–H and O–H groups in total. The fourth-order valence-electron chi connectivity index (χ4n) is 1.60. The first-order valence-electron chi connectivity index (χ1n) is 5.58. The zero-order valence-electron chi connectivity index (χ0n) is 9.45. The minimum absolute atomic E-state index is 0.190. The number of nitrogens with one attached hydrogen (secondary N) is 1. The van der Waals surface area contributed by atoms with Crippen LogP contribution >= 0.6 is 11.3 Å². The van der Waals surface area contributed by atoms with Crippen LogP contribution in [-0.4, -0.2) is 5.91 Å². The first-order valence-corrected chi connectivity index (χ1v) is 6.46. The van der Waals surface area contributed by atoms with Gasteiger partial charge in [0.2, 0.25) is 5.91 Å². The van der Waals surface area contributed by atoms with E-state index in [0.29, 0.717) is 6.54 Å². The second kappa shape index (κ2) is 6.62. The Morgan fingerprint density at radius 3 is 2.87 bits per heavy atom. The molecule has 0 aliphatic rings. The summed E-state index contributed by atoms with van der Waals surface area (Å²) in [5.74, 6) is 0.391. The van der Waals surface area contributed by atoms with Crippen molar-refractivity contribution in [1.82, 2.24) is 5.32 Å². The van der Waals surface area contributed by atoms with E-state index in [-0.39, 0.29) is 11.8 Å². The number of thiophene rings is 1. The average molecular weight is 225 g/mol. The molecule has 1 aromatic rings. The van der Waals surface area contributed by atoms with Crippen molar-refractivity contribution in [3.8, 4) is 0 Å². The maximum Gasteiger partial charge on any atom is 0.223 e. The molecular formula is C12H19NOS. The van der Waals surface area contributed by atoms with Gasteiger partial charge in [0, 0.05) is 10.8 Å². The van der Waals surface area contributed by atoms with Crippen molar-refractivity contribution in [2.75, 3.05) is 0 Å². The Hall–Kier alpha value is -0.830. The molecule has 1 unspecified atom stereocenters. The molecule has 1 aromatic heterocycles. The minimum atomic E-state index is 0.190. The molecule has 0 bridgehead atoms. The van der Waals surface area contributed by atoms with Gasteiger partial charge in [-0.1, -0.05) is 26.3 Å². The van der Waals surface area contributed by atoms with E-state index in [4.69, 9.17) is 0 Å². The Kier molecular flexibility index (Phi) is 5.40. The SMILES string of the molecule is CCCC(CC)C(=O)NCc1cccs1. The standard InChI is InChI=1S/C12H19NOS/c1-3-6-10(4-2)12(14)13-9-11-7-5-8-15-11/h5,7-8,10H,3-4,6,9H2,1-2H3,(H,13,14). The lowest BCUT2D eigenvalue weighted by Crippen LogP contribution is -2.29. The lowest BCUT2D eigenvalue weighted by Gasteiger charge is -2.13. The Morgan fingerprint density at radius 2 is 2.33 bits per heavy atom. The molecular weight excluding hydrogens is 206 g/mol. The van der Waals surface area contributed by atoms with Gasteiger partial charge >= 0.3 is 0 Å². The zero-order chi connectivity index (χ0) is 11.1. The van der Waals surface area contributed by atoms with E-state index in [1.54, 1.807) is 11.3 Å². The smallest absolute Gasteiger partial charge is 0.223 e. The van der Waals surface area contributed by atoms with E-state index in [2.05, 4.69) is 19.2 Å². The maximum atomic E-state index is 11.8.